The first kappa shape index (κ1) is 19.0. The van der Waals surface area contributed by atoms with Crippen molar-refractivity contribution in [3.8, 4) is 5.75 Å². The summed E-state index contributed by atoms with van der Waals surface area (Å²) in [6.45, 7) is 2.92. The standard InChI is InChI=1S/C20H24ClN3OS/c1-25-19-7-3-2-6-17(19)18(24-12-4-5-13-24)14-22-20(26)23-16-10-8-15(21)9-11-16/h2-3,6-11,18H,4-5,12-14H2,1H3,(H2,22,23,26). The van der Waals surface area contributed by atoms with E-state index in [2.05, 4.69) is 27.7 Å². The van der Waals surface area contributed by atoms with Crippen molar-refractivity contribution < 1.29 is 4.74 Å². The summed E-state index contributed by atoms with van der Waals surface area (Å²) in [5.41, 5.74) is 2.11. The number of halogens is 1. The Balaban J connectivity index is 1.67. The molecule has 0 bridgehead atoms. The summed E-state index contributed by atoms with van der Waals surface area (Å²) in [5, 5.41) is 7.88. The number of ether oxygens (including phenoxy) is 1. The molecule has 0 amide bonds. The largest absolute Gasteiger partial charge is 0.496 e. The van der Waals surface area contributed by atoms with Gasteiger partial charge < -0.3 is 15.4 Å². The number of hydrogen-bond acceptors (Lipinski definition) is 3. The van der Waals surface area contributed by atoms with Crippen LogP contribution in [0.5, 0.6) is 5.75 Å². The molecule has 1 atom stereocenters. The molecule has 0 aliphatic carbocycles. The highest BCUT2D eigenvalue weighted by Crippen LogP contribution is 2.31. The Morgan fingerprint density at radius 1 is 1.15 bits per heavy atom. The molecule has 1 fully saturated rings. The number of rotatable bonds is 6. The monoisotopic (exact) mass is 389 g/mol. The van der Waals surface area contributed by atoms with Crippen LogP contribution >= 0.6 is 23.8 Å². The predicted octanol–water partition coefficient (Wildman–Crippen LogP) is 4.47. The number of nitrogens with one attached hydrogen (secondary N) is 2. The first-order valence-corrected chi connectivity index (χ1v) is 9.63. The van der Waals surface area contributed by atoms with Crippen molar-refractivity contribution in [3.63, 3.8) is 0 Å². The minimum Gasteiger partial charge on any atom is -0.496 e. The number of thiocarbonyl (C=S) groups is 1. The minimum absolute atomic E-state index is 0.221. The Hall–Kier alpha value is -1.82. The molecular weight excluding hydrogens is 366 g/mol. The van der Waals surface area contributed by atoms with Gasteiger partial charge in [0.15, 0.2) is 5.11 Å². The Bertz CT molecular complexity index is 732. The average Bonchev–Trinajstić information content (AvgIpc) is 3.18. The SMILES string of the molecule is COc1ccccc1C(CNC(=S)Nc1ccc(Cl)cc1)N1CCCC1. The van der Waals surface area contributed by atoms with E-state index in [-0.39, 0.29) is 6.04 Å². The maximum absolute atomic E-state index is 5.93. The highest BCUT2D eigenvalue weighted by atomic mass is 35.5. The molecule has 6 heteroatoms. The van der Waals surface area contributed by atoms with Crippen molar-refractivity contribution in [1.82, 2.24) is 10.2 Å². The lowest BCUT2D eigenvalue weighted by Gasteiger charge is -2.29. The van der Waals surface area contributed by atoms with Crippen LogP contribution in [0.2, 0.25) is 5.02 Å². The first-order valence-electron chi connectivity index (χ1n) is 8.85. The van der Waals surface area contributed by atoms with E-state index in [1.807, 2.05) is 36.4 Å². The third-order valence-electron chi connectivity index (χ3n) is 4.64. The van der Waals surface area contributed by atoms with E-state index >= 15 is 0 Å². The Kier molecular flexibility index (Phi) is 6.72. The lowest BCUT2D eigenvalue weighted by Crippen LogP contribution is -2.38. The molecule has 138 valence electrons. The number of likely N-dealkylation sites (tertiary alicyclic amines) is 1. The van der Waals surface area contributed by atoms with Crippen LogP contribution in [0, 0.1) is 0 Å². The number of para-hydroxylation sites is 1. The van der Waals surface area contributed by atoms with Crippen LogP contribution in [0.25, 0.3) is 0 Å². The zero-order chi connectivity index (χ0) is 18.4. The zero-order valence-electron chi connectivity index (χ0n) is 14.9. The molecule has 1 heterocycles. The van der Waals surface area contributed by atoms with Gasteiger partial charge in [0.2, 0.25) is 0 Å². The summed E-state index contributed by atoms with van der Waals surface area (Å²) < 4.78 is 5.58. The van der Waals surface area contributed by atoms with Gasteiger partial charge in [-0.05, 0) is 68.5 Å². The van der Waals surface area contributed by atoms with Crippen LogP contribution in [0.4, 0.5) is 5.69 Å². The number of anilines is 1. The Labute approximate surface area is 165 Å². The second-order valence-corrected chi connectivity index (χ2v) is 7.19. The summed E-state index contributed by atoms with van der Waals surface area (Å²) in [6.07, 6.45) is 2.47. The quantitative estimate of drug-likeness (QED) is 0.713. The Morgan fingerprint density at radius 2 is 1.85 bits per heavy atom. The van der Waals surface area contributed by atoms with Crippen molar-refractivity contribution in [2.45, 2.75) is 18.9 Å². The molecule has 0 aromatic heterocycles. The third-order valence-corrected chi connectivity index (χ3v) is 5.14. The van der Waals surface area contributed by atoms with Gasteiger partial charge in [-0.25, -0.2) is 0 Å². The summed E-state index contributed by atoms with van der Waals surface area (Å²) in [4.78, 5) is 2.50. The van der Waals surface area contributed by atoms with Gasteiger partial charge in [0.25, 0.3) is 0 Å². The van der Waals surface area contributed by atoms with E-state index in [9.17, 15) is 0 Å². The van der Waals surface area contributed by atoms with Crippen LogP contribution in [-0.4, -0.2) is 36.8 Å². The molecule has 2 aromatic carbocycles. The van der Waals surface area contributed by atoms with Gasteiger partial charge in [0.05, 0.1) is 13.2 Å². The highest BCUT2D eigenvalue weighted by molar-refractivity contribution is 7.80. The fraction of sp³-hybridized carbons (Fsp3) is 0.350. The second-order valence-electron chi connectivity index (χ2n) is 6.34. The molecule has 1 saturated heterocycles. The van der Waals surface area contributed by atoms with Crippen LogP contribution in [0.1, 0.15) is 24.4 Å². The van der Waals surface area contributed by atoms with Crippen molar-refractivity contribution in [3.05, 3.63) is 59.1 Å². The molecule has 4 nitrogen and oxygen atoms in total. The summed E-state index contributed by atoms with van der Waals surface area (Å²) in [7, 11) is 1.72. The van der Waals surface area contributed by atoms with Gasteiger partial charge in [-0.15, -0.1) is 0 Å². The van der Waals surface area contributed by atoms with Gasteiger partial charge >= 0.3 is 0 Å². The summed E-state index contributed by atoms with van der Waals surface area (Å²) >= 11 is 11.4. The van der Waals surface area contributed by atoms with Gasteiger partial charge in [0, 0.05) is 22.8 Å². The first-order chi connectivity index (χ1) is 12.7. The highest BCUT2D eigenvalue weighted by Gasteiger charge is 2.25. The van der Waals surface area contributed by atoms with Gasteiger partial charge in [-0.3, -0.25) is 4.90 Å². The minimum atomic E-state index is 0.221. The fourth-order valence-electron chi connectivity index (χ4n) is 3.33. The second kappa shape index (κ2) is 9.21. The molecule has 1 aliphatic heterocycles. The van der Waals surface area contributed by atoms with Crippen LogP contribution in [-0.2, 0) is 0 Å². The molecule has 0 radical (unpaired) electrons. The molecule has 2 N–H and O–H groups in total. The van der Waals surface area contributed by atoms with Crippen molar-refractivity contribution in [2.75, 3.05) is 32.1 Å². The molecule has 0 spiro atoms. The normalized spacial score (nSPS) is 15.5. The van der Waals surface area contributed by atoms with Crippen LogP contribution < -0.4 is 15.4 Å². The molecular formula is C20H24ClN3OS. The number of hydrogen-bond donors (Lipinski definition) is 2. The Morgan fingerprint density at radius 3 is 2.54 bits per heavy atom. The van der Waals surface area contributed by atoms with E-state index in [4.69, 9.17) is 28.6 Å². The van der Waals surface area contributed by atoms with Crippen molar-refractivity contribution in [1.29, 1.82) is 0 Å². The van der Waals surface area contributed by atoms with Gasteiger partial charge in [-0.2, -0.15) is 0 Å². The van der Waals surface area contributed by atoms with Gasteiger partial charge in [-0.1, -0.05) is 29.8 Å². The number of methoxy groups -OCH3 is 1. The fourth-order valence-corrected chi connectivity index (χ4v) is 3.66. The lowest BCUT2D eigenvalue weighted by atomic mass is 10.0. The van der Waals surface area contributed by atoms with E-state index in [1.54, 1.807) is 7.11 Å². The molecule has 1 unspecified atom stereocenters. The molecule has 26 heavy (non-hydrogen) atoms. The smallest absolute Gasteiger partial charge is 0.170 e. The van der Waals surface area contributed by atoms with Gasteiger partial charge in [0.1, 0.15) is 5.75 Å². The molecule has 1 aliphatic rings. The summed E-state index contributed by atoms with van der Waals surface area (Å²) in [5.74, 6) is 0.919. The summed E-state index contributed by atoms with van der Waals surface area (Å²) in [6, 6.07) is 15.9. The van der Waals surface area contributed by atoms with E-state index in [0.29, 0.717) is 10.1 Å². The maximum Gasteiger partial charge on any atom is 0.170 e. The zero-order valence-corrected chi connectivity index (χ0v) is 16.4. The van der Waals surface area contributed by atoms with Crippen molar-refractivity contribution >= 4 is 34.6 Å². The average molecular weight is 390 g/mol. The van der Waals surface area contributed by atoms with Crippen LogP contribution in [0.15, 0.2) is 48.5 Å². The molecule has 2 aromatic rings. The van der Waals surface area contributed by atoms with Crippen LogP contribution in [0.3, 0.4) is 0 Å². The van der Waals surface area contributed by atoms with E-state index in [1.165, 1.54) is 18.4 Å². The topological polar surface area (TPSA) is 36.5 Å². The van der Waals surface area contributed by atoms with Crippen molar-refractivity contribution in [2.24, 2.45) is 0 Å². The lowest BCUT2D eigenvalue weighted by molar-refractivity contribution is 0.240. The maximum atomic E-state index is 5.93. The van der Waals surface area contributed by atoms with E-state index in [0.717, 1.165) is 31.1 Å². The number of benzene rings is 2. The predicted molar refractivity (Wildman–Crippen MR) is 112 cm³/mol. The third kappa shape index (κ3) is 4.87. The molecule has 0 saturated carbocycles. The molecule has 3 rings (SSSR count). The van der Waals surface area contributed by atoms with E-state index < -0.39 is 0 Å². The number of nitrogens with zero attached hydrogens (tertiary/aromatic N) is 1.